The Hall–Kier alpha value is -1.36. The van der Waals surface area contributed by atoms with Gasteiger partial charge in [-0.3, -0.25) is 9.59 Å². The molecule has 0 aromatic carbocycles. The molecule has 196 valence electrons. The van der Waals surface area contributed by atoms with Crippen LogP contribution in [0.25, 0.3) is 0 Å². The molecular weight excluding hydrogens is 440 g/mol. The summed E-state index contributed by atoms with van der Waals surface area (Å²) >= 11 is 0. The molecule has 5 nitrogen and oxygen atoms in total. The Balaban J connectivity index is 1.64. The van der Waals surface area contributed by atoms with Gasteiger partial charge >= 0.3 is 11.9 Å². The predicted molar refractivity (Wildman–Crippen MR) is 135 cm³/mol. The number of aliphatic hydroxyl groups is 1. The number of fused-ring (bicyclic) bond motifs is 7. The zero-order valence-corrected chi connectivity index (χ0v) is 22.4. The molecule has 4 unspecified atom stereocenters. The molecule has 5 rings (SSSR count). The molecule has 0 bridgehead atoms. The second-order valence-electron chi connectivity index (χ2n) is 14.4. The number of hydrogen-bond acceptors (Lipinski definition) is 3. The maximum Gasteiger partial charge on any atom is 0.310 e. The number of carboxylic acids is 2. The summed E-state index contributed by atoms with van der Waals surface area (Å²) in [5, 5.41) is 32.5. The summed E-state index contributed by atoms with van der Waals surface area (Å²) in [5.74, 6) is -0.959. The third-order valence-electron chi connectivity index (χ3n) is 13.3. The molecule has 5 heteroatoms. The van der Waals surface area contributed by atoms with Crippen LogP contribution in [-0.2, 0) is 9.59 Å². The highest BCUT2D eigenvalue weighted by atomic mass is 16.4. The fourth-order valence-corrected chi connectivity index (χ4v) is 11.6. The molecule has 0 radical (unpaired) electrons. The monoisotopic (exact) mass is 486 g/mol. The topological polar surface area (TPSA) is 94.8 Å². The van der Waals surface area contributed by atoms with Crippen LogP contribution in [0.3, 0.4) is 0 Å². The van der Waals surface area contributed by atoms with E-state index < -0.39 is 22.8 Å². The molecule has 5 aliphatic rings. The molecule has 0 amide bonds. The minimum Gasteiger partial charge on any atom is -0.481 e. The lowest BCUT2D eigenvalue weighted by atomic mass is 9.32. The first-order chi connectivity index (χ1) is 16.2. The van der Waals surface area contributed by atoms with Crippen molar-refractivity contribution in [2.45, 2.75) is 105 Å². The minimum atomic E-state index is -0.897. The number of aliphatic hydroxyl groups excluding tert-OH is 1. The van der Waals surface area contributed by atoms with Crippen LogP contribution in [0.2, 0.25) is 0 Å². The van der Waals surface area contributed by atoms with Crippen molar-refractivity contribution in [1.29, 1.82) is 0 Å². The fraction of sp³-hybridized carbons (Fsp3) is 0.867. The van der Waals surface area contributed by atoms with Crippen molar-refractivity contribution in [2.24, 2.45) is 56.7 Å². The maximum absolute atomic E-state index is 13.5. The zero-order chi connectivity index (χ0) is 25.8. The Morgan fingerprint density at radius 2 is 1.49 bits per heavy atom. The van der Waals surface area contributed by atoms with Gasteiger partial charge in [0.15, 0.2) is 0 Å². The SMILES string of the molecule is C=C(C)C1CC[C@@]2(C(=O)O)CC[C@@]3(C(=O)O)[C@@H](CCC4[C@]5(C)CC[C@@H](O)C(C)(C)C5CC[C@@]43C)C12. The Kier molecular flexibility index (Phi) is 5.48. The van der Waals surface area contributed by atoms with Crippen molar-refractivity contribution in [3.8, 4) is 0 Å². The smallest absolute Gasteiger partial charge is 0.310 e. The van der Waals surface area contributed by atoms with Gasteiger partial charge in [-0.05, 0) is 117 Å². The van der Waals surface area contributed by atoms with Gasteiger partial charge in [0.2, 0.25) is 0 Å². The lowest BCUT2D eigenvalue weighted by Gasteiger charge is -2.71. The first kappa shape index (κ1) is 25.3. The summed E-state index contributed by atoms with van der Waals surface area (Å²) in [6, 6.07) is 0. The molecule has 0 aromatic heterocycles. The van der Waals surface area contributed by atoms with Crippen LogP contribution in [0.15, 0.2) is 12.2 Å². The Bertz CT molecular complexity index is 954. The zero-order valence-electron chi connectivity index (χ0n) is 22.4. The van der Waals surface area contributed by atoms with Crippen molar-refractivity contribution < 1.29 is 24.9 Å². The Labute approximate surface area is 210 Å². The van der Waals surface area contributed by atoms with Gasteiger partial charge in [-0.1, -0.05) is 39.8 Å². The van der Waals surface area contributed by atoms with Crippen molar-refractivity contribution in [1.82, 2.24) is 0 Å². The average Bonchev–Trinajstić information content (AvgIpc) is 3.18. The van der Waals surface area contributed by atoms with Gasteiger partial charge in [0.1, 0.15) is 0 Å². The summed E-state index contributed by atoms with van der Waals surface area (Å²) < 4.78 is 0. The van der Waals surface area contributed by atoms with Gasteiger partial charge < -0.3 is 15.3 Å². The van der Waals surface area contributed by atoms with Crippen LogP contribution in [-0.4, -0.2) is 33.4 Å². The lowest BCUT2D eigenvalue weighted by Crippen LogP contribution is -2.69. The number of carboxylic acid groups (broad SMARTS) is 2. The van der Waals surface area contributed by atoms with E-state index in [9.17, 15) is 24.9 Å². The van der Waals surface area contributed by atoms with Crippen molar-refractivity contribution in [2.75, 3.05) is 0 Å². The fourth-order valence-electron chi connectivity index (χ4n) is 11.6. The molecule has 5 saturated carbocycles. The normalized spacial score (nSPS) is 52.4. The molecule has 5 fully saturated rings. The highest BCUT2D eigenvalue weighted by molar-refractivity contribution is 5.80. The second-order valence-corrected chi connectivity index (χ2v) is 14.4. The van der Waals surface area contributed by atoms with Gasteiger partial charge in [-0.25, -0.2) is 0 Å². The van der Waals surface area contributed by atoms with E-state index in [4.69, 9.17) is 0 Å². The van der Waals surface area contributed by atoms with Crippen LogP contribution in [0.4, 0.5) is 0 Å². The van der Waals surface area contributed by atoms with E-state index in [0.717, 1.165) is 50.5 Å². The largest absolute Gasteiger partial charge is 0.481 e. The lowest BCUT2D eigenvalue weighted by molar-refractivity contribution is -0.254. The van der Waals surface area contributed by atoms with E-state index in [0.29, 0.717) is 25.2 Å². The molecule has 0 heterocycles. The molecular formula is C30H46O5. The third kappa shape index (κ3) is 2.85. The molecule has 0 aliphatic heterocycles. The standard InChI is InChI=1S/C30H46O5/c1-17(2)18-9-14-29(24(32)33)15-16-30(25(34)35)19(23(18)29)7-8-21-27(5)12-11-22(31)26(3,4)20(27)10-13-28(21,30)6/h18-23,31H,1,7-16H2,2-6H3,(H,32,33)(H,34,35)/t18?,19-,20?,21?,22+,23?,27+,28-,29+,30-/m0/s1. The Morgan fingerprint density at radius 3 is 2.09 bits per heavy atom. The number of rotatable bonds is 3. The summed E-state index contributed by atoms with van der Waals surface area (Å²) in [5.41, 5.74) is -1.25. The molecule has 10 atom stereocenters. The highest BCUT2D eigenvalue weighted by Crippen LogP contribution is 2.77. The number of carbonyl (C=O) groups is 2. The first-order valence-corrected chi connectivity index (χ1v) is 14.0. The van der Waals surface area contributed by atoms with Gasteiger partial charge in [-0.2, -0.15) is 0 Å². The number of aliphatic carboxylic acids is 2. The van der Waals surface area contributed by atoms with Gasteiger partial charge in [0, 0.05) is 0 Å². The molecule has 0 saturated heterocycles. The predicted octanol–water partition coefficient (Wildman–Crippen LogP) is 6.15. The number of allylic oxidation sites excluding steroid dienone is 1. The van der Waals surface area contributed by atoms with Gasteiger partial charge in [-0.15, -0.1) is 0 Å². The van der Waals surface area contributed by atoms with Crippen molar-refractivity contribution >= 4 is 11.9 Å². The van der Waals surface area contributed by atoms with Gasteiger partial charge in [0.05, 0.1) is 16.9 Å². The van der Waals surface area contributed by atoms with Crippen LogP contribution in [0.1, 0.15) is 98.8 Å². The summed E-state index contributed by atoms with van der Waals surface area (Å²) in [6.45, 7) is 15.3. The van der Waals surface area contributed by atoms with E-state index in [1.165, 1.54) is 0 Å². The molecule has 5 aliphatic carbocycles. The minimum absolute atomic E-state index is 0.00604. The van der Waals surface area contributed by atoms with Crippen molar-refractivity contribution in [3.05, 3.63) is 12.2 Å². The van der Waals surface area contributed by atoms with E-state index in [2.05, 4.69) is 34.3 Å². The summed E-state index contributed by atoms with van der Waals surface area (Å²) in [6.07, 6.45) is 7.34. The first-order valence-electron chi connectivity index (χ1n) is 14.0. The molecule has 0 aromatic rings. The second kappa shape index (κ2) is 7.58. The van der Waals surface area contributed by atoms with Crippen LogP contribution in [0, 0.1) is 56.7 Å². The third-order valence-corrected chi connectivity index (χ3v) is 13.3. The Morgan fingerprint density at radius 1 is 0.800 bits per heavy atom. The maximum atomic E-state index is 13.5. The molecule has 35 heavy (non-hydrogen) atoms. The molecule has 0 spiro atoms. The van der Waals surface area contributed by atoms with E-state index in [1.807, 2.05) is 6.92 Å². The summed E-state index contributed by atoms with van der Waals surface area (Å²) in [4.78, 5) is 26.3. The summed E-state index contributed by atoms with van der Waals surface area (Å²) in [7, 11) is 0. The highest BCUT2D eigenvalue weighted by Gasteiger charge is 2.75. The van der Waals surface area contributed by atoms with Crippen LogP contribution >= 0.6 is 0 Å². The van der Waals surface area contributed by atoms with Crippen LogP contribution < -0.4 is 0 Å². The van der Waals surface area contributed by atoms with E-state index in [1.54, 1.807) is 0 Å². The molecule has 3 N–H and O–H groups in total. The average molecular weight is 487 g/mol. The van der Waals surface area contributed by atoms with E-state index in [-0.39, 0.29) is 46.0 Å². The van der Waals surface area contributed by atoms with Gasteiger partial charge in [0.25, 0.3) is 0 Å². The quantitative estimate of drug-likeness (QED) is 0.416. The number of hydrogen-bond donors (Lipinski definition) is 3. The van der Waals surface area contributed by atoms with Crippen molar-refractivity contribution in [3.63, 3.8) is 0 Å². The van der Waals surface area contributed by atoms with Crippen LogP contribution in [0.5, 0.6) is 0 Å². The van der Waals surface area contributed by atoms with E-state index >= 15 is 0 Å².